The lowest BCUT2D eigenvalue weighted by molar-refractivity contribution is -0.109. The fourth-order valence-corrected chi connectivity index (χ4v) is 2.76. The Balaban J connectivity index is 2.41. The minimum absolute atomic E-state index is 0.166. The van der Waals surface area contributed by atoms with Crippen molar-refractivity contribution in [3.8, 4) is 0 Å². The van der Waals surface area contributed by atoms with E-state index in [0.717, 1.165) is 40.5 Å². The van der Waals surface area contributed by atoms with Gasteiger partial charge < -0.3 is 15.4 Å². The van der Waals surface area contributed by atoms with Crippen molar-refractivity contribution in [1.29, 1.82) is 0 Å². The first kappa shape index (κ1) is 10.1. The Labute approximate surface area is 99.8 Å². The number of nitrogen functional groups attached to an aromatic ring is 1. The van der Waals surface area contributed by atoms with Gasteiger partial charge in [-0.3, -0.25) is 0 Å². The lowest BCUT2D eigenvalue weighted by Crippen LogP contribution is -2.25. The Morgan fingerprint density at radius 1 is 1.35 bits per heavy atom. The Hall–Kier alpha value is -2.03. The normalized spacial score (nSPS) is 17.7. The van der Waals surface area contributed by atoms with Crippen molar-refractivity contribution in [2.45, 2.75) is 13.0 Å². The Morgan fingerprint density at radius 3 is 2.88 bits per heavy atom. The van der Waals surface area contributed by atoms with Crippen LogP contribution in [0.25, 0.3) is 10.8 Å². The predicted molar refractivity (Wildman–Crippen MR) is 70.2 cm³/mol. The number of likely N-dealkylation sites (N-methyl/N-ethyl adjacent to an activating group) is 1. The highest BCUT2D eigenvalue weighted by Gasteiger charge is 2.30. The molecule has 0 saturated heterocycles. The van der Waals surface area contributed by atoms with Gasteiger partial charge in [-0.15, -0.1) is 0 Å². The van der Waals surface area contributed by atoms with Crippen LogP contribution in [-0.4, -0.2) is 12.8 Å². The summed E-state index contributed by atoms with van der Waals surface area (Å²) in [4.78, 5) is 13.4. The summed E-state index contributed by atoms with van der Waals surface area (Å²) in [5.41, 5.74) is 8.95. The van der Waals surface area contributed by atoms with E-state index >= 15 is 0 Å². The van der Waals surface area contributed by atoms with Gasteiger partial charge in [0.2, 0.25) is 0 Å². The molecule has 0 aromatic heterocycles. The van der Waals surface area contributed by atoms with Crippen LogP contribution in [0, 0.1) is 0 Å². The minimum Gasteiger partial charge on any atom is -0.398 e. The number of aldehydes is 1. The molecule has 2 N–H and O–H groups in total. The maximum absolute atomic E-state index is 11.3. The number of anilines is 2. The van der Waals surface area contributed by atoms with E-state index in [1.165, 1.54) is 0 Å². The zero-order valence-corrected chi connectivity index (χ0v) is 9.68. The number of carbonyl (C=O) groups excluding carboxylic acids is 1. The Bertz CT molecular complexity index is 606. The van der Waals surface area contributed by atoms with Crippen LogP contribution in [0.1, 0.15) is 18.5 Å². The van der Waals surface area contributed by atoms with E-state index in [2.05, 4.69) is 11.8 Å². The van der Waals surface area contributed by atoms with Gasteiger partial charge in [-0.25, -0.2) is 0 Å². The van der Waals surface area contributed by atoms with Gasteiger partial charge in [0.25, 0.3) is 0 Å². The molecule has 3 rings (SSSR count). The standard InChI is InChI=1S/C14H14N2O/c1-2-16-12-7-6-11(15)9-4-3-5-10(14(9)12)13(16)8-17/h3-8,13H,2,15H2,1H3. The van der Waals surface area contributed by atoms with Crippen molar-refractivity contribution in [3.05, 3.63) is 35.9 Å². The second kappa shape index (κ2) is 3.48. The molecule has 0 spiro atoms. The molecule has 17 heavy (non-hydrogen) atoms. The molecule has 1 aliphatic heterocycles. The summed E-state index contributed by atoms with van der Waals surface area (Å²) >= 11 is 0. The first-order valence-corrected chi connectivity index (χ1v) is 5.81. The zero-order valence-electron chi connectivity index (χ0n) is 9.68. The molecule has 0 saturated carbocycles. The number of rotatable bonds is 2. The third kappa shape index (κ3) is 1.19. The van der Waals surface area contributed by atoms with Gasteiger partial charge in [0.1, 0.15) is 12.3 Å². The lowest BCUT2D eigenvalue weighted by Gasteiger charge is -2.22. The van der Waals surface area contributed by atoms with Gasteiger partial charge >= 0.3 is 0 Å². The highest BCUT2D eigenvalue weighted by Crippen LogP contribution is 2.44. The van der Waals surface area contributed by atoms with E-state index in [1.54, 1.807) is 0 Å². The number of hydrogen-bond donors (Lipinski definition) is 1. The van der Waals surface area contributed by atoms with E-state index in [9.17, 15) is 4.79 Å². The molecule has 0 fully saturated rings. The second-order valence-electron chi connectivity index (χ2n) is 4.31. The maximum Gasteiger partial charge on any atom is 0.147 e. The van der Waals surface area contributed by atoms with Crippen LogP contribution in [0.2, 0.25) is 0 Å². The SMILES string of the molecule is CCN1c2ccc(N)c3cccc(c23)C1C=O. The molecular formula is C14H14N2O. The Kier molecular flexibility index (Phi) is 2.08. The topological polar surface area (TPSA) is 46.3 Å². The van der Waals surface area contributed by atoms with Crippen LogP contribution in [0.5, 0.6) is 0 Å². The van der Waals surface area contributed by atoms with Crippen molar-refractivity contribution in [3.63, 3.8) is 0 Å². The molecular weight excluding hydrogens is 212 g/mol. The Morgan fingerprint density at radius 2 is 2.18 bits per heavy atom. The number of hydrogen-bond acceptors (Lipinski definition) is 3. The smallest absolute Gasteiger partial charge is 0.147 e. The van der Waals surface area contributed by atoms with Gasteiger partial charge in [0.15, 0.2) is 0 Å². The van der Waals surface area contributed by atoms with Crippen LogP contribution >= 0.6 is 0 Å². The monoisotopic (exact) mass is 226 g/mol. The summed E-state index contributed by atoms with van der Waals surface area (Å²) in [6.45, 7) is 2.88. The van der Waals surface area contributed by atoms with Gasteiger partial charge in [-0.05, 0) is 24.6 Å². The van der Waals surface area contributed by atoms with Crippen molar-refractivity contribution in [2.24, 2.45) is 0 Å². The average Bonchev–Trinajstić information content (AvgIpc) is 2.68. The first-order valence-electron chi connectivity index (χ1n) is 5.81. The number of carbonyl (C=O) groups is 1. The van der Waals surface area contributed by atoms with Crippen molar-refractivity contribution < 1.29 is 4.79 Å². The van der Waals surface area contributed by atoms with Gasteiger partial charge in [0, 0.05) is 28.7 Å². The molecule has 86 valence electrons. The number of nitrogens with zero attached hydrogens (tertiary/aromatic N) is 1. The molecule has 1 heterocycles. The second-order valence-corrected chi connectivity index (χ2v) is 4.31. The molecule has 1 unspecified atom stereocenters. The van der Waals surface area contributed by atoms with Gasteiger partial charge in [-0.1, -0.05) is 18.2 Å². The van der Waals surface area contributed by atoms with Crippen LogP contribution in [-0.2, 0) is 4.79 Å². The molecule has 3 heteroatoms. The van der Waals surface area contributed by atoms with Crippen LogP contribution in [0.15, 0.2) is 30.3 Å². The molecule has 1 atom stereocenters. The fourth-order valence-electron chi connectivity index (χ4n) is 2.76. The van der Waals surface area contributed by atoms with Crippen LogP contribution in [0.3, 0.4) is 0 Å². The largest absolute Gasteiger partial charge is 0.398 e. The number of nitrogens with two attached hydrogens (primary N) is 1. The molecule has 3 nitrogen and oxygen atoms in total. The predicted octanol–water partition coefficient (Wildman–Crippen LogP) is 2.50. The molecule has 0 amide bonds. The third-order valence-corrected chi connectivity index (χ3v) is 3.52. The van der Waals surface area contributed by atoms with E-state index in [4.69, 9.17) is 5.73 Å². The summed E-state index contributed by atoms with van der Waals surface area (Å²) in [6, 6.07) is 9.75. The summed E-state index contributed by atoms with van der Waals surface area (Å²) < 4.78 is 0. The van der Waals surface area contributed by atoms with E-state index < -0.39 is 0 Å². The highest BCUT2D eigenvalue weighted by atomic mass is 16.1. The molecule has 2 aromatic carbocycles. The minimum atomic E-state index is -0.166. The van der Waals surface area contributed by atoms with E-state index in [1.807, 2.05) is 30.3 Å². The maximum atomic E-state index is 11.3. The third-order valence-electron chi connectivity index (χ3n) is 3.52. The van der Waals surface area contributed by atoms with Gasteiger partial charge in [-0.2, -0.15) is 0 Å². The molecule has 1 aliphatic rings. The quantitative estimate of drug-likeness (QED) is 0.632. The van der Waals surface area contributed by atoms with Crippen molar-refractivity contribution >= 4 is 28.4 Å². The fraction of sp³-hybridized carbons (Fsp3) is 0.214. The zero-order chi connectivity index (χ0) is 12.0. The van der Waals surface area contributed by atoms with Crippen LogP contribution in [0.4, 0.5) is 11.4 Å². The summed E-state index contributed by atoms with van der Waals surface area (Å²) in [6.07, 6.45) is 1.01. The van der Waals surface area contributed by atoms with Crippen LogP contribution < -0.4 is 10.6 Å². The molecule has 0 radical (unpaired) electrons. The summed E-state index contributed by atoms with van der Waals surface area (Å²) in [5, 5.41) is 2.18. The molecule has 0 bridgehead atoms. The average molecular weight is 226 g/mol. The molecule has 0 aliphatic carbocycles. The summed E-state index contributed by atoms with van der Waals surface area (Å²) in [7, 11) is 0. The van der Waals surface area contributed by atoms with Crippen molar-refractivity contribution in [1.82, 2.24) is 0 Å². The highest BCUT2D eigenvalue weighted by molar-refractivity contribution is 6.08. The van der Waals surface area contributed by atoms with Gasteiger partial charge in [0.05, 0.1) is 0 Å². The number of benzene rings is 2. The van der Waals surface area contributed by atoms with E-state index in [-0.39, 0.29) is 6.04 Å². The first-order chi connectivity index (χ1) is 8.27. The lowest BCUT2D eigenvalue weighted by atomic mass is 10.0. The van der Waals surface area contributed by atoms with E-state index in [0.29, 0.717) is 0 Å². The summed E-state index contributed by atoms with van der Waals surface area (Å²) in [5.74, 6) is 0. The molecule has 2 aromatic rings. The van der Waals surface area contributed by atoms with Crippen molar-refractivity contribution in [2.75, 3.05) is 17.2 Å².